The molecule has 0 aliphatic carbocycles. The maximum Gasteiger partial charge on any atom is 0.275 e. The van der Waals surface area contributed by atoms with Gasteiger partial charge in [0.15, 0.2) is 6.54 Å². The van der Waals surface area contributed by atoms with Crippen molar-refractivity contribution in [1.29, 1.82) is 0 Å². The number of benzene rings is 2. The van der Waals surface area contributed by atoms with Gasteiger partial charge in [-0.1, -0.05) is 49.4 Å². The number of carbonyl (C=O) groups excluding carboxylic acids is 1. The summed E-state index contributed by atoms with van der Waals surface area (Å²) < 4.78 is 12.9. The number of halogens is 1. The molecule has 0 aliphatic heterocycles. The first-order chi connectivity index (χ1) is 13.2. The maximum absolute atomic E-state index is 12.9. The predicted molar refractivity (Wildman–Crippen MR) is 107 cm³/mol. The van der Waals surface area contributed by atoms with Crippen LogP contribution in [0.5, 0.6) is 0 Å². The molecule has 1 aromatic heterocycles. The van der Waals surface area contributed by atoms with E-state index in [-0.39, 0.29) is 17.8 Å². The summed E-state index contributed by atoms with van der Waals surface area (Å²) in [7, 11) is 0. The average Bonchev–Trinajstić information content (AvgIpc) is 3.23. The highest BCUT2D eigenvalue weighted by Crippen LogP contribution is 2.23. The molecular formula is C22H24FN2OS+. The van der Waals surface area contributed by atoms with Crippen LogP contribution in [0.25, 0.3) is 0 Å². The van der Waals surface area contributed by atoms with E-state index in [9.17, 15) is 9.18 Å². The summed E-state index contributed by atoms with van der Waals surface area (Å²) >= 11 is 1.70. The van der Waals surface area contributed by atoms with E-state index in [1.165, 1.54) is 28.1 Å². The minimum Gasteiger partial charge on any atom is -0.347 e. The van der Waals surface area contributed by atoms with Crippen LogP contribution in [0.2, 0.25) is 0 Å². The Morgan fingerprint density at radius 2 is 1.78 bits per heavy atom. The Morgan fingerprint density at radius 1 is 1.07 bits per heavy atom. The van der Waals surface area contributed by atoms with E-state index in [0.29, 0.717) is 13.1 Å². The molecule has 3 N–H and O–H groups in total. The van der Waals surface area contributed by atoms with Gasteiger partial charge in [-0.2, -0.15) is 0 Å². The zero-order valence-electron chi connectivity index (χ0n) is 15.3. The van der Waals surface area contributed by atoms with Crippen molar-refractivity contribution < 1.29 is 14.5 Å². The monoisotopic (exact) mass is 383 g/mol. The number of rotatable bonds is 8. The van der Waals surface area contributed by atoms with Gasteiger partial charge in [-0.15, -0.1) is 11.3 Å². The number of carbonyl (C=O) groups is 1. The van der Waals surface area contributed by atoms with Crippen LogP contribution >= 0.6 is 11.3 Å². The standard InChI is InChI=1S/C22H23FN2OS/c1-2-16-5-9-18(10-6-16)22(20-4-3-13-27-20)25-15-21(26)24-14-17-7-11-19(23)12-8-17/h3-13,22,25H,2,14-15H2,1H3,(H,24,26)/p+1/t22-/m1/s1. The number of amides is 1. The number of nitrogens with one attached hydrogen (secondary N) is 1. The van der Waals surface area contributed by atoms with Crippen molar-refractivity contribution in [3.63, 3.8) is 0 Å². The molecule has 5 heteroatoms. The minimum absolute atomic E-state index is 0.0361. The first-order valence-corrected chi connectivity index (χ1v) is 10.0. The lowest BCUT2D eigenvalue weighted by atomic mass is 10.0. The van der Waals surface area contributed by atoms with Gasteiger partial charge in [0.25, 0.3) is 5.91 Å². The molecule has 0 fully saturated rings. The van der Waals surface area contributed by atoms with Crippen molar-refractivity contribution in [3.05, 3.63) is 93.4 Å². The van der Waals surface area contributed by atoms with Crippen LogP contribution in [0, 0.1) is 5.82 Å². The van der Waals surface area contributed by atoms with E-state index < -0.39 is 0 Å². The number of hydrogen-bond acceptors (Lipinski definition) is 2. The summed E-state index contributed by atoms with van der Waals surface area (Å²) in [5, 5.41) is 7.02. The quantitative estimate of drug-likeness (QED) is 0.615. The van der Waals surface area contributed by atoms with E-state index in [1.807, 2.05) is 6.07 Å². The molecule has 1 heterocycles. The molecule has 1 atom stereocenters. The van der Waals surface area contributed by atoms with Gasteiger partial charge in [0, 0.05) is 12.1 Å². The smallest absolute Gasteiger partial charge is 0.275 e. The Kier molecular flexibility index (Phi) is 6.74. The van der Waals surface area contributed by atoms with Gasteiger partial charge >= 0.3 is 0 Å². The summed E-state index contributed by atoms with van der Waals surface area (Å²) in [4.78, 5) is 13.5. The molecule has 3 rings (SSSR count). The molecule has 3 nitrogen and oxygen atoms in total. The highest BCUT2D eigenvalue weighted by molar-refractivity contribution is 7.10. The Hall–Kier alpha value is -2.50. The molecule has 2 aromatic carbocycles. The molecule has 0 radical (unpaired) electrons. The first kappa shape index (κ1) is 19.3. The fraction of sp³-hybridized carbons (Fsp3) is 0.227. The van der Waals surface area contributed by atoms with Crippen molar-refractivity contribution in [1.82, 2.24) is 5.32 Å². The average molecular weight is 384 g/mol. The van der Waals surface area contributed by atoms with Crippen molar-refractivity contribution in [2.75, 3.05) is 6.54 Å². The molecular weight excluding hydrogens is 359 g/mol. The Bertz CT molecular complexity index is 845. The lowest BCUT2D eigenvalue weighted by Gasteiger charge is -2.15. The van der Waals surface area contributed by atoms with Crippen LogP contribution in [0.4, 0.5) is 4.39 Å². The van der Waals surface area contributed by atoms with Crippen molar-refractivity contribution in [2.24, 2.45) is 0 Å². The zero-order valence-corrected chi connectivity index (χ0v) is 16.1. The summed E-state index contributed by atoms with van der Waals surface area (Å²) in [6, 6.07) is 19.0. The third kappa shape index (κ3) is 5.49. The highest BCUT2D eigenvalue weighted by atomic mass is 32.1. The summed E-state index contributed by atoms with van der Waals surface area (Å²) in [6.45, 7) is 2.88. The first-order valence-electron chi connectivity index (χ1n) is 9.12. The van der Waals surface area contributed by atoms with Crippen LogP contribution < -0.4 is 10.6 Å². The maximum atomic E-state index is 12.9. The van der Waals surface area contributed by atoms with Crippen molar-refractivity contribution in [2.45, 2.75) is 25.9 Å². The minimum atomic E-state index is -0.272. The summed E-state index contributed by atoms with van der Waals surface area (Å²) in [5.74, 6) is -0.308. The molecule has 0 saturated heterocycles. The fourth-order valence-electron chi connectivity index (χ4n) is 2.95. The number of aryl methyl sites for hydroxylation is 1. The molecule has 0 unspecified atom stereocenters. The molecule has 0 bridgehead atoms. The number of nitrogens with two attached hydrogens (primary N) is 1. The summed E-state index contributed by atoms with van der Waals surface area (Å²) in [6.07, 6.45) is 1.01. The van der Waals surface area contributed by atoms with E-state index >= 15 is 0 Å². The summed E-state index contributed by atoms with van der Waals surface area (Å²) in [5.41, 5.74) is 3.39. The SMILES string of the molecule is CCc1ccc([C@@H]([NH2+]CC(=O)NCc2ccc(F)cc2)c2cccs2)cc1. The van der Waals surface area contributed by atoms with Gasteiger partial charge in [0.2, 0.25) is 0 Å². The van der Waals surface area contributed by atoms with Crippen LogP contribution in [-0.2, 0) is 17.8 Å². The zero-order chi connectivity index (χ0) is 19.1. The second-order valence-corrected chi connectivity index (χ2v) is 7.41. The van der Waals surface area contributed by atoms with Gasteiger partial charge in [0.1, 0.15) is 11.9 Å². The molecule has 140 valence electrons. The van der Waals surface area contributed by atoms with Gasteiger partial charge in [-0.25, -0.2) is 4.39 Å². The predicted octanol–water partition coefficient (Wildman–Crippen LogP) is 3.42. The lowest BCUT2D eigenvalue weighted by Crippen LogP contribution is -2.87. The van der Waals surface area contributed by atoms with Crippen LogP contribution in [0.1, 0.15) is 34.5 Å². The Morgan fingerprint density at radius 3 is 2.41 bits per heavy atom. The van der Waals surface area contributed by atoms with E-state index in [2.05, 4.69) is 53.3 Å². The lowest BCUT2D eigenvalue weighted by molar-refractivity contribution is -0.676. The molecule has 27 heavy (non-hydrogen) atoms. The van der Waals surface area contributed by atoms with Gasteiger partial charge < -0.3 is 10.6 Å². The van der Waals surface area contributed by atoms with E-state index in [4.69, 9.17) is 0 Å². The van der Waals surface area contributed by atoms with Crippen molar-refractivity contribution in [3.8, 4) is 0 Å². The normalized spacial score (nSPS) is 11.9. The molecule has 3 aromatic rings. The topological polar surface area (TPSA) is 45.7 Å². The van der Waals surface area contributed by atoms with Crippen molar-refractivity contribution >= 4 is 17.2 Å². The Balaban J connectivity index is 1.60. The van der Waals surface area contributed by atoms with Crippen LogP contribution in [0.15, 0.2) is 66.0 Å². The Labute approximate surface area is 163 Å². The molecule has 1 amide bonds. The van der Waals surface area contributed by atoms with Crippen LogP contribution in [-0.4, -0.2) is 12.5 Å². The van der Waals surface area contributed by atoms with Gasteiger partial charge in [0.05, 0.1) is 4.88 Å². The van der Waals surface area contributed by atoms with Crippen LogP contribution in [0.3, 0.4) is 0 Å². The molecule has 0 spiro atoms. The second kappa shape index (κ2) is 9.44. The second-order valence-electron chi connectivity index (χ2n) is 6.43. The van der Waals surface area contributed by atoms with Gasteiger partial charge in [-0.05, 0) is 41.1 Å². The molecule has 0 saturated carbocycles. The van der Waals surface area contributed by atoms with Gasteiger partial charge in [-0.3, -0.25) is 4.79 Å². The molecule has 0 aliphatic rings. The third-order valence-corrected chi connectivity index (χ3v) is 5.49. The fourth-order valence-corrected chi connectivity index (χ4v) is 3.80. The number of hydrogen-bond donors (Lipinski definition) is 2. The number of quaternary nitrogens is 1. The number of thiophene rings is 1. The van der Waals surface area contributed by atoms with E-state index in [1.54, 1.807) is 23.5 Å². The highest BCUT2D eigenvalue weighted by Gasteiger charge is 2.20. The largest absolute Gasteiger partial charge is 0.347 e. The third-order valence-electron chi connectivity index (χ3n) is 4.54. The van der Waals surface area contributed by atoms with E-state index in [0.717, 1.165) is 12.0 Å².